The molecule has 3 heterocycles. The number of amides is 2. The molecule has 3 aliphatic heterocycles. The molecule has 3 saturated heterocycles. The molecule has 0 radical (unpaired) electrons. The molecule has 0 saturated carbocycles. The minimum absolute atomic E-state index is 0.0551. The Morgan fingerprint density at radius 2 is 1.82 bits per heavy atom. The first-order valence-electron chi connectivity index (χ1n) is 14.4. The highest BCUT2D eigenvalue weighted by Crippen LogP contribution is 2.66. The number of esters is 1. The van der Waals surface area contributed by atoms with E-state index in [1.54, 1.807) is 23.6 Å². The molecule has 3 fully saturated rings. The van der Waals surface area contributed by atoms with Crippen LogP contribution in [0.15, 0.2) is 54.6 Å². The molecule has 2 aromatic rings. The van der Waals surface area contributed by atoms with Gasteiger partial charge in [0.05, 0.1) is 35.8 Å². The summed E-state index contributed by atoms with van der Waals surface area (Å²) in [7, 11) is 0. The summed E-state index contributed by atoms with van der Waals surface area (Å²) in [5.41, 5.74) is 2.69. The lowest BCUT2D eigenvalue weighted by Crippen LogP contribution is -2.55. The first kappa shape index (κ1) is 28.5. The van der Waals surface area contributed by atoms with Crippen LogP contribution < -0.4 is 10.2 Å². The first-order chi connectivity index (χ1) is 19.4. The summed E-state index contributed by atoms with van der Waals surface area (Å²) in [4.78, 5) is 45.3. The Hall–Kier alpha value is -3.04. The zero-order chi connectivity index (χ0) is 28.4. The number of hydrogen-bond donors (Lipinski definition) is 2. The molecule has 3 aliphatic rings. The van der Waals surface area contributed by atoms with Crippen molar-refractivity contribution in [1.82, 2.24) is 4.90 Å². The molecule has 0 aromatic heterocycles. The van der Waals surface area contributed by atoms with Gasteiger partial charge in [-0.1, -0.05) is 30.3 Å². The fourth-order valence-corrected chi connectivity index (χ4v) is 9.18. The van der Waals surface area contributed by atoms with Gasteiger partial charge in [-0.25, -0.2) is 0 Å². The van der Waals surface area contributed by atoms with Gasteiger partial charge in [-0.15, -0.1) is 11.8 Å². The highest BCUT2D eigenvalue weighted by atomic mass is 32.2. The van der Waals surface area contributed by atoms with Crippen molar-refractivity contribution in [1.29, 1.82) is 0 Å². The smallest absolute Gasteiger partial charge is 0.310 e. The van der Waals surface area contributed by atoms with Gasteiger partial charge in [0.1, 0.15) is 6.04 Å². The predicted octanol–water partition coefficient (Wildman–Crippen LogP) is 3.73. The van der Waals surface area contributed by atoms with Crippen molar-refractivity contribution in [3.8, 4) is 0 Å². The number of thioether (sulfide) groups is 1. The standard InChI is InChI=1S/C31H39N3O5S/c1-4-33(5-2)22-14-12-21(13-15-22)32-28(36)27-31-17-16-24(40-31)25(30(38)39-6-3)26(31)29(37)34(27)23(19-35)18-20-10-8-7-9-11-20/h7-15,23-27,35H,4-6,16-19H2,1-3H3,(H,32,36)/t23-,24+,25-,26+,27?,31?/m1/s1. The molecule has 2 unspecified atom stereocenters. The van der Waals surface area contributed by atoms with Gasteiger partial charge in [0.25, 0.3) is 0 Å². The largest absolute Gasteiger partial charge is 0.466 e. The lowest BCUT2D eigenvalue weighted by atomic mass is 9.71. The summed E-state index contributed by atoms with van der Waals surface area (Å²) in [6, 6.07) is 16.0. The Kier molecular flexibility index (Phi) is 8.42. The summed E-state index contributed by atoms with van der Waals surface area (Å²) < 4.78 is 4.67. The number of nitrogens with one attached hydrogen (secondary N) is 1. The maximum absolute atomic E-state index is 14.2. The highest BCUT2D eigenvalue weighted by molar-refractivity contribution is 8.02. The molecule has 9 heteroatoms. The SMILES string of the molecule is CCOC(=O)[C@@H]1[C@@H]2CCC3(S2)C(C(=O)Nc2ccc(N(CC)CC)cc2)N([C@@H](CO)Cc2ccccc2)C(=O)[C@H]13. The fourth-order valence-electron chi connectivity index (χ4n) is 6.98. The second-order valence-corrected chi connectivity index (χ2v) is 12.4. The number of likely N-dealkylation sites (tertiary alicyclic amines) is 1. The number of carbonyl (C=O) groups excluding carboxylic acids is 3. The second-order valence-electron chi connectivity index (χ2n) is 10.8. The molecule has 2 N–H and O–H groups in total. The molecule has 0 aliphatic carbocycles. The molecule has 6 atom stereocenters. The van der Waals surface area contributed by atoms with Crippen molar-refractivity contribution in [2.45, 2.75) is 62.1 Å². The topological polar surface area (TPSA) is 99.2 Å². The zero-order valence-corrected chi connectivity index (χ0v) is 24.2. The molecule has 1 spiro atoms. The van der Waals surface area contributed by atoms with Crippen LogP contribution in [0.1, 0.15) is 39.2 Å². The number of hydrogen-bond acceptors (Lipinski definition) is 7. The van der Waals surface area contributed by atoms with Gasteiger partial charge < -0.3 is 25.0 Å². The van der Waals surface area contributed by atoms with E-state index >= 15 is 0 Å². The van der Waals surface area contributed by atoms with E-state index in [4.69, 9.17) is 4.74 Å². The van der Waals surface area contributed by atoms with E-state index in [-0.39, 0.29) is 36.2 Å². The second kappa shape index (κ2) is 11.8. The van der Waals surface area contributed by atoms with E-state index in [0.717, 1.165) is 30.8 Å². The number of carbonyl (C=O) groups is 3. The molecule has 8 nitrogen and oxygen atoms in total. The molecule has 2 aromatic carbocycles. The van der Waals surface area contributed by atoms with Crippen LogP contribution in [0, 0.1) is 11.8 Å². The van der Waals surface area contributed by atoms with Crippen molar-refractivity contribution < 1.29 is 24.2 Å². The van der Waals surface area contributed by atoms with Gasteiger partial charge in [-0.05, 0) is 69.9 Å². The maximum atomic E-state index is 14.2. The Labute approximate surface area is 240 Å². The van der Waals surface area contributed by atoms with Crippen LogP contribution in [0.3, 0.4) is 0 Å². The lowest BCUT2D eigenvalue weighted by Gasteiger charge is -2.37. The Morgan fingerprint density at radius 1 is 1.12 bits per heavy atom. The van der Waals surface area contributed by atoms with Crippen LogP contribution in [0.2, 0.25) is 0 Å². The Balaban J connectivity index is 1.49. The van der Waals surface area contributed by atoms with Crippen molar-refractivity contribution in [2.75, 3.05) is 36.5 Å². The Morgan fingerprint density at radius 3 is 2.45 bits per heavy atom. The number of nitrogens with zero attached hydrogens (tertiary/aromatic N) is 2. The third-order valence-electron chi connectivity index (χ3n) is 8.73. The number of aliphatic hydroxyl groups is 1. The number of rotatable bonds is 11. The van der Waals surface area contributed by atoms with E-state index < -0.39 is 28.7 Å². The summed E-state index contributed by atoms with van der Waals surface area (Å²) in [5, 5.41) is 13.6. The molecule has 5 rings (SSSR count). The molecule has 214 valence electrons. The van der Waals surface area contributed by atoms with Crippen molar-refractivity contribution in [3.63, 3.8) is 0 Å². The molecular formula is C31H39N3O5S. The van der Waals surface area contributed by atoms with Crippen LogP contribution in [-0.2, 0) is 25.5 Å². The molecule has 2 amide bonds. The quantitative estimate of drug-likeness (QED) is 0.401. The van der Waals surface area contributed by atoms with Gasteiger partial charge in [-0.2, -0.15) is 0 Å². The molecule has 2 bridgehead atoms. The van der Waals surface area contributed by atoms with Gasteiger partial charge in [0.15, 0.2) is 0 Å². The molecule has 40 heavy (non-hydrogen) atoms. The van der Waals surface area contributed by atoms with E-state index in [2.05, 4.69) is 24.1 Å². The minimum Gasteiger partial charge on any atom is -0.466 e. The fraction of sp³-hybridized carbons (Fsp3) is 0.516. The normalized spacial score (nSPS) is 27.4. The number of benzene rings is 2. The van der Waals surface area contributed by atoms with Crippen LogP contribution in [0.25, 0.3) is 0 Å². The lowest BCUT2D eigenvalue weighted by molar-refractivity contribution is -0.154. The van der Waals surface area contributed by atoms with E-state index in [1.165, 1.54) is 0 Å². The van der Waals surface area contributed by atoms with Crippen molar-refractivity contribution >= 4 is 40.9 Å². The number of aliphatic hydroxyl groups excluding tert-OH is 1. The van der Waals surface area contributed by atoms with Crippen molar-refractivity contribution in [2.24, 2.45) is 11.8 Å². The summed E-state index contributed by atoms with van der Waals surface area (Å²) in [6.07, 6.45) is 1.82. The van der Waals surface area contributed by atoms with Gasteiger partial charge in [0.2, 0.25) is 11.8 Å². The minimum atomic E-state index is -0.817. The maximum Gasteiger partial charge on any atom is 0.310 e. The number of anilines is 2. The third kappa shape index (κ3) is 4.87. The third-order valence-corrected chi connectivity index (χ3v) is 10.7. The van der Waals surface area contributed by atoms with Crippen molar-refractivity contribution in [3.05, 3.63) is 60.2 Å². The van der Waals surface area contributed by atoms with Crippen LogP contribution >= 0.6 is 11.8 Å². The monoisotopic (exact) mass is 565 g/mol. The first-order valence-corrected chi connectivity index (χ1v) is 15.2. The van der Waals surface area contributed by atoms with Gasteiger partial charge in [-0.3, -0.25) is 14.4 Å². The average Bonchev–Trinajstić information content (AvgIpc) is 3.61. The summed E-state index contributed by atoms with van der Waals surface area (Å²) in [6.45, 7) is 7.69. The summed E-state index contributed by atoms with van der Waals surface area (Å²) >= 11 is 1.60. The van der Waals surface area contributed by atoms with Crippen LogP contribution in [0.5, 0.6) is 0 Å². The average molecular weight is 566 g/mol. The Bertz CT molecular complexity index is 1220. The number of ether oxygens (including phenoxy) is 1. The summed E-state index contributed by atoms with van der Waals surface area (Å²) in [5.74, 6) is -2.12. The van der Waals surface area contributed by atoms with Gasteiger partial charge >= 0.3 is 5.97 Å². The highest BCUT2D eigenvalue weighted by Gasteiger charge is 2.74. The van der Waals surface area contributed by atoms with Crippen LogP contribution in [-0.4, -0.2) is 76.2 Å². The predicted molar refractivity (Wildman–Crippen MR) is 157 cm³/mol. The van der Waals surface area contributed by atoms with E-state index in [0.29, 0.717) is 18.5 Å². The van der Waals surface area contributed by atoms with Gasteiger partial charge in [0, 0.05) is 29.7 Å². The molecular weight excluding hydrogens is 526 g/mol. The number of fused-ring (bicyclic) bond motifs is 1. The zero-order valence-electron chi connectivity index (χ0n) is 23.4. The van der Waals surface area contributed by atoms with E-state index in [1.807, 2.05) is 54.6 Å². The van der Waals surface area contributed by atoms with Crippen LogP contribution in [0.4, 0.5) is 11.4 Å². The van der Waals surface area contributed by atoms with E-state index in [9.17, 15) is 19.5 Å².